The van der Waals surface area contributed by atoms with Gasteiger partial charge in [0.25, 0.3) is 0 Å². The molecule has 1 saturated heterocycles. The molecule has 0 radical (unpaired) electrons. The molecule has 0 N–H and O–H groups in total. The topological polar surface area (TPSA) is 52.6 Å². The van der Waals surface area contributed by atoms with Gasteiger partial charge < -0.3 is 9.47 Å². The molecule has 1 rings (SSSR count). The molecule has 1 fully saturated rings. The fraction of sp³-hybridized carbons (Fsp3) is 1.00. The number of rotatable bonds is 3. The standard InChI is InChI=1S/C8H15ClO4S/c1-3-8(2)6-12-4-7(13-8)5-14(9,10)11/h7H,3-6H2,1-2H3. The van der Waals surface area contributed by atoms with Crippen LogP contribution in [0.15, 0.2) is 0 Å². The molecule has 4 nitrogen and oxygen atoms in total. The van der Waals surface area contributed by atoms with Gasteiger partial charge in [-0.1, -0.05) is 6.92 Å². The van der Waals surface area contributed by atoms with Crippen LogP contribution in [0, 0.1) is 0 Å². The lowest BCUT2D eigenvalue weighted by Gasteiger charge is -2.37. The van der Waals surface area contributed by atoms with E-state index in [9.17, 15) is 8.42 Å². The van der Waals surface area contributed by atoms with Gasteiger partial charge >= 0.3 is 0 Å². The van der Waals surface area contributed by atoms with Gasteiger partial charge in [0.05, 0.1) is 30.7 Å². The van der Waals surface area contributed by atoms with Crippen molar-refractivity contribution in [2.45, 2.75) is 32.0 Å². The van der Waals surface area contributed by atoms with E-state index in [2.05, 4.69) is 0 Å². The van der Waals surface area contributed by atoms with Gasteiger partial charge in [-0.3, -0.25) is 0 Å². The first-order chi connectivity index (χ1) is 6.35. The van der Waals surface area contributed by atoms with Crippen LogP contribution in [0.25, 0.3) is 0 Å². The van der Waals surface area contributed by atoms with Crippen LogP contribution in [0.4, 0.5) is 0 Å². The molecular formula is C8H15ClO4S. The highest BCUT2D eigenvalue weighted by atomic mass is 35.7. The minimum atomic E-state index is -3.51. The Morgan fingerprint density at radius 3 is 2.71 bits per heavy atom. The van der Waals surface area contributed by atoms with Crippen LogP contribution in [0.2, 0.25) is 0 Å². The fourth-order valence-electron chi connectivity index (χ4n) is 1.37. The molecule has 6 heteroatoms. The molecule has 0 aromatic rings. The third-order valence-corrected chi connectivity index (χ3v) is 3.44. The van der Waals surface area contributed by atoms with E-state index in [-0.39, 0.29) is 11.4 Å². The molecule has 2 unspecified atom stereocenters. The second kappa shape index (κ2) is 4.35. The SMILES string of the molecule is CCC1(C)COCC(CS(=O)(=O)Cl)O1. The minimum absolute atomic E-state index is 0.190. The molecule has 0 aromatic carbocycles. The van der Waals surface area contributed by atoms with Crippen molar-refractivity contribution in [3.05, 3.63) is 0 Å². The summed E-state index contributed by atoms with van der Waals surface area (Å²) in [6, 6.07) is 0. The van der Waals surface area contributed by atoms with Gasteiger partial charge in [0, 0.05) is 10.7 Å². The molecule has 1 aliphatic heterocycles. The Balaban J connectivity index is 2.57. The molecule has 1 aliphatic rings. The summed E-state index contributed by atoms with van der Waals surface area (Å²) in [4.78, 5) is 0. The van der Waals surface area contributed by atoms with Crippen LogP contribution in [-0.2, 0) is 18.5 Å². The Kier molecular flexibility index (Phi) is 3.80. The minimum Gasteiger partial charge on any atom is -0.376 e. The number of ether oxygens (including phenoxy) is 2. The van der Waals surface area contributed by atoms with E-state index in [4.69, 9.17) is 20.2 Å². The molecule has 84 valence electrons. The van der Waals surface area contributed by atoms with Crippen molar-refractivity contribution in [1.82, 2.24) is 0 Å². The molecular weight excluding hydrogens is 228 g/mol. The van der Waals surface area contributed by atoms with Gasteiger partial charge in [-0.25, -0.2) is 8.42 Å². The summed E-state index contributed by atoms with van der Waals surface area (Å²) in [6.45, 7) is 4.67. The molecule has 14 heavy (non-hydrogen) atoms. The molecule has 2 atom stereocenters. The summed E-state index contributed by atoms with van der Waals surface area (Å²) in [6.07, 6.45) is 0.336. The Labute approximate surface area is 88.9 Å². The second-order valence-electron chi connectivity index (χ2n) is 3.76. The van der Waals surface area contributed by atoms with Crippen LogP contribution < -0.4 is 0 Å². The maximum absolute atomic E-state index is 10.8. The average molecular weight is 243 g/mol. The monoisotopic (exact) mass is 242 g/mol. The normalized spacial score (nSPS) is 34.4. The molecule has 0 aromatic heterocycles. The summed E-state index contributed by atoms with van der Waals surface area (Å²) in [5.74, 6) is -0.190. The van der Waals surface area contributed by atoms with Crippen LogP contribution >= 0.6 is 10.7 Å². The van der Waals surface area contributed by atoms with E-state index in [1.165, 1.54) is 0 Å². The highest BCUT2D eigenvalue weighted by molar-refractivity contribution is 8.13. The third kappa shape index (κ3) is 3.73. The van der Waals surface area contributed by atoms with E-state index in [0.29, 0.717) is 13.2 Å². The zero-order valence-electron chi connectivity index (χ0n) is 8.32. The van der Waals surface area contributed by atoms with E-state index in [1.54, 1.807) is 0 Å². The van der Waals surface area contributed by atoms with Crippen molar-refractivity contribution in [2.75, 3.05) is 19.0 Å². The Bertz CT molecular complexity index is 290. The van der Waals surface area contributed by atoms with Gasteiger partial charge in [-0.15, -0.1) is 0 Å². The lowest BCUT2D eigenvalue weighted by Crippen LogP contribution is -2.47. The van der Waals surface area contributed by atoms with E-state index < -0.39 is 15.2 Å². The predicted octanol–water partition coefficient (Wildman–Crippen LogP) is 1.14. The molecule has 0 amide bonds. The number of halogens is 1. The van der Waals surface area contributed by atoms with Gasteiger partial charge in [0.15, 0.2) is 0 Å². The van der Waals surface area contributed by atoms with Gasteiger partial charge in [0.1, 0.15) is 0 Å². The summed E-state index contributed by atoms with van der Waals surface area (Å²) in [7, 11) is 1.62. The number of hydrogen-bond acceptors (Lipinski definition) is 4. The summed E-state index contributed by atoms with van der Waals surface area (Å²) in [5, 5.41) is 0. The summed E-state index contributed by atoms with van der Waals surface area (Å²) >= 11 is 0. The van der Waals surface area contributed by atoms with Crippen LogP contribution in [-0.4, -0.2) is 39.1 Å². The maximum atomic E-state index is 10.8. The van der Waals surface area contributed by atoms with E-state index >= 15 is 0 Å². The molecule has 0 spiro atoms. The summed E-state index contributed by atoms with van der Waals surface area (Å²) in [5.41, 5.74) is -0.384. The summed E-state index contributed by atoms with van der Waals surface area (Å²) < 4.78 is 32.6. The molecule has 0 aliphatic carbocycles. The van der Waals surface area contributed by atoms with Crippen LogP contribution in [0.1, 0.15) is 20.3 Å². The third-order valence-electron chi connectivity index (χ3n) is 2.30. The first kappa shape index (κ1) is 12.2. The Hall–Kier alpha value is 0.160. The van der Waals surface area contributed by atoms with Crippen molar-refractivity contribution in [3.63, 3.8) is 0 Å². The van der Waals surface area contributed by atoms with E-state index in [1.807, 2.05) is 13.8 Å². The smallest absolute Gasteiger partial charge is 0.235 e. The second-order valence-corrected chi connectivity index (χ2v) is 6.59. The first-order valence-electron chi connectivity index (χ1n) is 4.52. The quantitative estimate of drug-likeness (QED) is 0.697. The van der Waals surface area contributed by atoms with Crippen molar-refractivity contribution in [2.24, 2.45) is 0 Å². The lowest BCUT2D eigenvalue weighted by atomic mass is 10.0. The fourth-order valence-corrected chi connectivity index (χ4v) is 2.40. The molecule has 0 bridgehead atoms. The largest absolute Gasteiger partial charge is 0.376 e. The Morgan fingerprint density at radius 2 is 2.21 bits per heavy atom. The van der Waals surface area contributed by atoms with Crippen molar-refractivity contribution < 1.29 is 17.9 Å². The zero-order chi connectivity index (χ0) is 10.8. The van der Waals surface area contributed by atoms with Crippen molar-refractivity contribution in [1.29, 1.82) is 0 Å². The maximum Gasteiger partial charge on any atom is 0.235 e. The van der Waals surface area contributed by atoms with Gasteiger partial charge in [0.2, 0.25) is 9.05 Å². The van der Waals surface area contributed by atoms with Crippen molar-refractivity contribution in [3.8, 4) is 0 Å². The molecule has 1 heterocycles. The zero-order valence-corrected chi connectivity index (χ0v) is 9.90. The van der Waals surface area contributed by atoms with Crippen molar-refractivity contribution >= 4 is 19.7 Å². The van der Waals surface area contributed by atoms with Crippen LogP contribution in [0.5, 0.6) is 0 Å². The van der Waals surface area contributed by atoms with Crippen LogP contribution in [0.3, 0.4) is 0 Å². The Morgan fingerprint density at radius 1 is 1.57 bits per heavy atom. The highest BCUT2D eigenvalue weighted by Gasteiger charge is 2.34. The number of hydrogen-bond donors (Lipinski definition) is 0. The van der Waals surface area contributed by atoms with Gasteiger partial charge in [-0.05, 0) is 13.3 Å². The first-order valence-corrected chi connectivity index (χ1v) is 7.00. The van der Waals surface area contributed by atoms with Gasteiger partial charge in [-0.2, -0.15) is 0 Å². The highest BCUT2D eigenvalue weighted by Crippen LogP contribution is 2.23. The lowest BCUT2D eigenvalue weighted by molar-refractivity contribution is -0.184. The predicted molar refractivity (Wildman–Crippen MR) is 54.0 cm³/mol. The van der Waals surface area contributed by atoms with E-state index in [0.717, 1.165) is 6.42 Å². The molecule has 0 saturated carbocycles. The average Bonchev–Trinajstić information content (AvgIpc) is 2.01.